The highest BCUT2D eigenvalue weighted by Gasteiger charge is 2.28. The van der Waals surface area contributed by atoms with Crippen LogP contribution in [0.4, 0.5) is 11.5 Å². The predicted octanol–water partition coefficient (Wildman–Crippen LogP) is 1.70. The summed E-state index contributed by atoms with van der Waals surface area (Å²) in [7, 11) is 0. The molecule has 98 valence electrons. The maximum atomic E-state index is 11.1. The van der Waals surface area contributed by atoms with E-state index in [1.165, 1.54) is 18.1 Å². The van der Waals surface area contributed by atoms with Gasteiger partial charge in [-0.05, 0) is 6.42 Å². The highest BCUT2D eigenvalue weighted by atomic mass is 32.2. The maximum absolute atomic E-state index is 11.1. The van der Waals surface area contributed by atoms with Crippen molar-refractivity contribution < 1.29 is 9.66 Å². The first-order chi connectivity index (χ1) is 8.72. The molecule has 18 heavy (non-hydrogen) atoms. The summed E-state index contributed by atoms with van der Waals surface area (Å²) in [4.78, 5) is 18.6. The van der Waals surface area contributed by atoms with Crippen molar-refractivity contribution in [1.29, 1.82) is 0 Å². The molecule has 0 atom stereocenters. The van der Waals surface area contributed by atoms with Crippen LogP contribution >= 0.6 is 11.8 Å². The fourth-order valence-electron chi connectivity index (χ4n) is 1.43. The third-order valence-electron chi connectivity index (χ3n) is 2.40. The minimum absolute atomic E-state index is 0.0390. The van der Waals surface area contributed by atoms with Crippen molar-refractivity contribution in [3.8, 4) is 0 Å². The third-order valence-corrected chi connectivity index (χ3v) is 3.53. The van der Waals surface area contributed by atoms with Gasteiger partial charge in [0.1, 0.15) is 6.33 Å². The van der Waals surface area contributed by atoms with Crippen LogP contribution in [0.2, 0.25) is 0 Å². The van der Waals surface area contributed by atoms with Crippen molar-refractivity contribution in [1.82, 2.24) is 9.97 Å². The van der Waals surface area contributed by atoms with Gasteiger partial charge >= 0.3 is 5.69 Å². The van der Waals surface area contributed by atoms with Crippen molar-refractivity contribution in [3.05, 3.63) is 16.4 Å². The summed E-state index contributed by atoms with van der Waals surface area (Å²) in [5, 5.41) is 14.7. The van der Waals surface area contributed by atoms with E-state index in [2.05, 4.69) is 15.3 Å². The van der Waals surface area contributed by atoms with Crippen LogP contribution in [0, 0.1) is 10.1 Å². The van der Waals surface area contributed by atoms with Gasteiger partial charge in [0.15, 0.2) is 5.03 Å². The molecule has 2 rings (SSSR count). The number of thioether (sulfide) groups is 1. The molecule has 0 saturated carbocycles. The van der Waals surface area contributed by atoms with Gasteiger partial charge in [0, 0.05) is 6.54 Å². The molecule has 0 spiro atoms. The number of nitrogens with one attached hydrogen (secondary N) is 1. The zero-order valence-corrected chi connectivity index (χ0v) is 10.8. The Morgan fingerprint density at radius 2 is 2.39 bits per heavy atom. The van der Waals surface area contributed by atoms with Gasteiger partial charge in [0.05, 0.1) is 23.4 Å². The monoisotopic (exact) mass is 270 g/mol. The van der Waals surface area contributed by atoms with Gasteiger partial charge in [0.25, 0.3) is 0 Å². The number of hydrogen-bond acceptors (Lipinski definition) is 7. The Labute approximate surface area is 108 Å². The summed E-state index contributed by atoms with van der Waals surface area (Å²) in [6.45, 7) is 3.86. The number of hydrogen-bond donors (Lipinski definition) is 1. The second kappa shape index (κ2) is 5.96. The lowest BCUT2D eigenvalue weighted by Crippen LogP contribution is -2.30. The zero-order chi connectivity index (χ0) is 13.0. The molecule has 0 amide bonds. The van der Waals surface area contributed by atoms with E-state index >= 15 is 0 Å². The van der Waals surface area contributed by atoms with Crippen LogP contribution in [0.1, 0.15) is 13.3 Å². The standard InChI is InChI=1S/C10H14N4O3S/c1-2-3-11-9-8(14(15)16)10(13-6-12-9)18-7-4-17-5-7/h6-7H,2-5H2,1H3,(H,11,12,13). The summed E-state index contributed by atoms with van der Waals surface area (Å²) in [5.41, 5.74) is -0.0390. The Bertz CT molecular complexity index is 439. The van der Waals surface area contributed by atoms with Crippen LogP contribution in [-0.2, 0) is 4.74 Å². The highest BCUT2D eigenvalue weighted by Crippen LogP contribution is 2.36. The lowest BCUT2D eigenvalue weighted by molar-refractivity contribution is -0.387. The Balaban J connectivity index is 2.23. The van der Waals surface area contributed by atoms with E-state index in [1.54, 1.807) is 0 Å². The van der Waals surface area contributed by atoms with E-state index in [1.807, 2.05) is 6.92 Å². The van der Waals surface area contributed by atoms with E-state index in [0.717, 1.165) is 6.42 Å². The Morgan fingerprint density at radius 1 is 1.61 bits per heavy atom. The first-order valence-electron chi connectivity index (χ1n) is 5.70. The van der Waals surface area contributed by atoms with Crippen molar-refractivity contribution >= 4 is 23.3 Å². The molecule has 0 bridgehead atoms. The summed E-state index contributed by atoms with van der Waals surface area (Å²) in [6, 6.07) is 0. The molecule has 1 aliphatic heterocycles. The van der Waals surface area contributed by atoms with E-state index in [0.29, 0.717) is 30.6 Å². The average Bonchev–Trinajstić information content (AvgIpc) is 2.30. The SMILES string of the molecule is CCCNc1ncnc(SC2COC2)c1[N+](=O)[O-]. The van der Waals surface area contributed by atoms with E-state index < -0.39 is 4.92 Å². The summed E-state index contributed by atoms with van der Waals surface area (Å²) in [5.74, 6) is 0.291. The topological polar surface area (TPSA) is 90.2 Å². The molecule has 0 aromatic carbocycles. The quantitative estimate of drug-likeness (QED) is 0.478. The van der Waals surface area contributed by atoms with Crippen LogP contribution in [0.15, 0.2) is 11.4 Å². The van der Waals surface area contributed by atoms with Crippen molar-refractivity contribution in [2.24, 2.45) is 0 Å². The fourth-order valence-corrected chi connectivity index (χ4v) is 2.46. The molecule has 0 radical (unpaired) electrons. The summed E-state index contributed by atoms with van der Waals surface area (Å²) in [6.07, 6.45) is 2.23. The molecule has 1 aliphatic rings. The number of nitro groups is 1. The van der Waals surface area contributed by atoms with E-state index in [4.69, 9.17) is 4.74 Å². The van der Waals surface area contributed by atoms with Gasteiger partial charge in [-0.25, -0.2) is 9.97 Å². The minimum Gasteiger partial charge on any atom is -0.379 e. The number of rotatable bonds is 6. The average molecular weight is 270 g/mol. The van der Waals surface area contributed by atoms with Gasteiger partial charge in [0.2, 0.25) is 5.82 Å². The van der Waals surface area contributed by atoms with Gasteiger partial charge in [-0.1, -0.05) is 18.7 Å². The molecule has 1 fully saturated rings. The Kier molecular flexibility index (Phi) is 4.32. The molecule has 1 N–H and O–H groups in total. The fraction of sp³-hybridized carbons (Fsp3) is 0.600. The predicted molar refractivity (Wildman–Crippen MR) is 67.9 cm³/mol. The van der Waals surface area contributed by atoms with Crippen molar-refractivity contribution in [2.75, 3.05) is 25.1 Å². The number of aromatic nitrogens is 2. The molecule has 0 unspecified atom stereocenters. The summed E-state index contributed by atoms with van der Waals surface area (Å²) < 4.78 is 5.05. The van der Waals surface area contributed by atoms with Crippen LogP contribution in [-0.4, -0.2) is 39.9 Å². The molecule has 1 aromatic heterocycles. The largest absolute Gasteiger partial charge is 0.379 e. The number of anilines is 1. The Hall–Kier alpha value is -1.41. The Morgan fingerprint density at radius 3 is 2.94 bits per heavy atom. The van der Waals surface area contributed by atoms with Crippen LogP contribution in [0.5, 0.6) is 0 Å². The molecule has 7 nitrogen and oxygen atoms in total. The van der Waals surface area contributed by atoms with Gasteiger partial charge in [-0.15, -0.1) is 0 Å². The number of ether oxygens (including phenoxy) is 1. The van der Waals surface area contributed by atoms with Gasteiger partial charge in [-0.3, -0.25) is 10.1 Å². The molecule has 2 heterocycles. The minimum atomic E-state index is -0.431. The maximum Gasteiger partial charge on any atom is 0.343 e. The lowest BCUT2D eigenvalue weighted by Gasteiger charge is -2.24. The van der Waals surface area contributed by atoms with Gasteiger partial charge < -0.3 is 10.1 Å². The van der Waals surface area contributed by atoms with Gasteiger partial charge in [-0.2, -0.15) is 0 Å². The van der Waals surface area contributed by atoms with E-state index in [-0.39, 0.29) is 10.9 Å². The van der Waals surface area contributed by atoms with E-state index in [9.17, 15) is 10.1 Å². The van der Waals surface area contributed by atoms with Crippen molar-refractivity contribution in [2.45, 2.75) is 23.6 Å². The van der Waals surface area contributed by atoms with Crippen LogP contribution < -0.4 is 5.32 Å². The lowest BCUT2D eigenvalue weighted by atomic mass is 10.4. The summed E-state index contributed by atoms with van der Waals surface area (Å²) >= 11 is 1.38. The zero-order valence-electron chi connectivity index (χ0n) is 9.96. The molecule has 1 aromatic rings. The van der Waals surface area contributed by atoms with Crippen LogP contribution in [0.25, 0.3) is 0 Å². The second-order valence-corrected chi connectivity index (χ2v) is 5.13. The number of nitrogens with zero attached hydrogens (tertiary/aromatic N) is 3. The third kappa shape index (κ3) is 2.88. The van der Waals surface area contributed by atoms with Crippen molar-refractivity contribution in [3.63, 3.8) is 0 Å². The first kappa shape index (κ1) is 13.0. The molecular weight excluding hydrogens is 256 g/mol. The smallest absolute Gasteiger partial charge is 0.343 e. The molecule has 0 aliphatic carbocycles. The first-order valence-corrected chi connectivity index (χ1v) is 6.58. The molecule has 8 heteroatoms. The second-order valence-electron chi connectivity index (χ2n) is 3.84. The highest BCUT2D eigenvalue weighted by molar-refractivity contribution is 8.00. The normalized spacial score (nSPS) is 15.2. The van der Waals surface area contributed by atoms with Crippen LogP contribution in [0.3, 0.4) is 0 Å². The molecular formula is C10H14N4O3S. The molecule has 1 saturated heterocycles.